The van der Waals surface area contributed by atoms with Crippen LogP contribution >= 0.6 is 0 Å². The molecular weight excluding hydrogens is 196 g/mol. The Morgan fingerprint density at radius 2 is 1.71 bits per heavy atom. The fourth-order valence-corrected chi connectivity index (χ4v) is 3.70. The number of hydrogen-bond acceptors (Lipinski definition) is 2. The predicted molar refractivity (Wildman–Crippen MR) is 58.9 cm³/mol. The van der Waals surface area contributed by atoms with Gasteiger partial charge in [0, 0.05) is 26.4 Å². The molecule has 0 aromatic carbocycles. The van der Waals surface area contributed by atoms with Crippen LogP contribution in [-0.2, 0) is 11.0 Å². The van der Waals surface area contributed by atoms with Gasteiger partial charge in [0.05, 0.1) is 0 Å². The van der Waals surface area contributed by atoms with Gasteiger partial charge in [0.15, 0.2) is 0 Å². The molecule has 0 aromatic rings. The summed E-state index contributed by atoms with van der Waals surface area (Å²) in [6.45, 7) is 2.11. The molecule has 2 fully saturated rings. The average Bonchev–Trinajstić information content (AvgIpc) is 2.16. The molecular formula is C10H20N2OS. The Bertz CT molecular complexity index is 234. The van der Waals surface area contributed by atoms with Crippen LogP contribution in [0.3, 0.4) is 0 Å². The van der Waals surface area contributed by atoms with Crippen LogP contribution in [0, 0.1) is 11.8 Å². The Kier molecular flexibility index (Phi) is 3.24. The highest BCUT2D eigenvalue weighted by Crippen LogP contribution is 2.34. The van der Waals surface area contributed by atoms with E-state index in [1.54, 1.807) is 6.26 Å². The summed E-state index contributed by atoms with van der Waals surface area (Å²) in [5.41, 5.74) is 0. The maximum absolute atomic E-state index is 11.5. The van der Waals surface area contributed by atoms with Gasteiger partial charge in [0.2, 0.25) is 0 Å². The van der Waals surface area contributed by atoms with Crippen molar-refractivity contribution in [3.63, 3.8) is 0 Å². The number of fused-ring (bicyclic) bond motifs is 1. The third kappa shape index (κ3) is 2.02. The van der Waals surface area contributed by atoms with Gasteiger partial charge in [-0.2, -0.15) is 4.41 Å². The van der Waals surface area contributed by atoms with E-state index in [2.05, 4.69) is 12.1 Å². The summed E-state index contributed by atoms with van der Waals surface area (Å²) in [5, 5.41) is 2.16. The van der Waals surface area contributed by atoms with Gasteiger partial charge < -0.3 is 0 Å². The van der Waals surface area contributed by atoms with Crippen molar-refractivity contribution in [3.05, 3.63) is 0 Å². The summed E-state index contributed by atoms with van der Waals surface area (Å²) < 4.78 is 13.5. The van der Waals surface area contributed by atoms with E-state index in [0.29, 0.717) is 0 Å². The molecule has 0 N–H and O–H groups in total. The molecule has 1 aliphatic carbocycles. The molecule has 1 saturated heterocycles. The molecule has 0 bridgehead atoms. The van der Waals surface area contributed by atoms with Crippen molar-refractivity contribution in [2.24, 2.45) is 11.8 Å². The topological polar surface area (TPSA) is 23.6 Å². The second-order valence-corrected chi connectivity index (χ2v) is 5.87. The molecule has 14 heavy (non-hydrogen) atoms. The van der Waals surface area contributed by atoms with Gasteiger partial charge in [-0.1, -0.05) is 12.8 Å². The average molecular weight is 216 g/mol. The summed E-state index contributed by atoms with van der Waals surface area (Å²) in [6.07, 6.45) is 7.25. The zero-order valence-corrected chi connectivity index (χ0v) is 9.92. The maximum Gasteiger partial charge on any atom is 0.105 e. The van der Waals surface area contributed by atoms with E-state index in [-0.39, 0.29) is 0 Å². The minimum absolute atomic E-state index is 0.795. The lowest BCUT2D eigenvalue weighted by molar-refractivity contribution is -0.0180. The molecule has 1 aliphatic heterocycles. The predicted octanol–water partition coefficient (Wildman–Crippen LogP) is 1.25. The second-order valence-electron chi connectivity index (χ2n) is 4.60. The first kappa shape index (κ1) is 10.6. The van der Waals surface area contributed by atoms with Crippen LogP contribution in [0.15, 0.2) is 0 Å². The smallest absolute Gasteiger partial charge is 0.105 e. The fraction of sp³-hybridized carbons (Fsp3) is 1.00. The summed E-state index contributed by atoms with van der Waals surface area (Å²) in [7, 11) is 1.22. The van der Waals surface area contributed by atoms with Crippen molar-refractivity contribution in [2.75, 3.05) is 26.4 Å². The molecule has 4 heteroatoms. The van der Waals surface area contributed by atoms with Gasteiger partial charge in [-0.15, -0.1) is 0 Å². The van der Waals surface area contributed by atoms with Gasteiger partial charge in [-0.25, -0.2) is 9.22 Å². The summed E-state index contributed by atoms with van der Waals surface area (Å²) in [6, 6.07) is 0. The Hall–Kier alpha value is 0.0700. The lowest BCUT2D eigenvalue weighted by Gasteiger charge is -2.45. The van der Waals surface area contributed by atoms with Gasteiger partial charge in [-0.05, 0) is 24.7 Å². The third-order valence-corrected chi connectivity index (χ3v) is 4.65. The summed E-state index contributed by atoms with van der Waals surface area (Å²) in [5.74, 6) is 1.65. The van der Waals surface area contributed by atoms with Crippen molar-refractivity contribution in [1.29, 1.82) is 0 Å². The lowest BCUT2D eigenvalue weighted by atomic mass is 9.78. The van der Waals surface area contributed by atoms with Crippen molar-refractivity contribution in [2.45, 2.75) is 25.7 Å². The van der Waals surface area contributed by atoms with E-state index in [0.717, 1.165) is 24.9 Å². The monoisotopic (exact) mass is 216 g/mol. The number of nitrogens with zero attached hydrogens (tertiary/aromatic N) is 2. The minimum Gasteiger partial charge on any atom is -0.242 e. The zero-order chi connectivity index (χ0) is 10.1. The standard InChI is InChI=1S/C10H20N2OS/c1-11-7-9-5-3-4-6-10(9)8-12(11)14(2)13/h9-10H,3-8H2,1-2H3. The summed E-state index contributed by atoms with van der Waals surface area (Å²) >= 11 is 0. The zero-order valence-electron chi connectivity index (χ0n) is 9.11. The second kappa shape index (κ2) is 4.29. The molecule has 2 aliphatic rings. The Balaban J connectivity index is 2.03. The molecule has 82 valence electrons. The normalized spacial score (nSPS) is 37.9. The van der Waals surface area contributed by atoms with Crippen molar-refractivity contribution < 1.29 is 4.21 Å². The molecule has 0 aromatic heterocycles. The van der Waals surface area contributed by atoms with Crippen LogP contribution in [0.25, 0.3) is 0 Å². The largest absolute Gasteiger partial charge is 0.242 e. The first-order valence-corrected chi connectivity index (χ1v) is 7.02. The molecule has 2 rings (SSSR count). The maximum atomic E-state index is 11.5. The molecule has 1 saturated carbocycles. The quantitative estimate of drug-likeness (QED) is 0.658. The van der Waals surface area contributed by atoms with Crippen LogP contribution in [0.4, 0.5) is 0 Å². The van der Waals surface area contributed by atoms with Gasteiger partial charge >= 0.3 is 0 Å². The molecule has 0 spiro atoms. The third-order valence-electron chi connectivity index (χ3n) is 3.63. The SMILES string of the molecule is CN1CC2CCCCC2CN1S(C)=O. The highest BCUT2D eigenvalue weighted by molar-refractivity contribution is 7.81. The fourth-order valence-electron chi connectivity index (χ4n) is 2.84. The Labute approximate surface area is 89.0 Å². The van der Waals surface area contributed by atoms with Crippen LogP contribution in [0.1, 0.15) is 25.7 Å². The molecule has 0 radical (unpaired) electrons. The van der Waals surface area contributed by atoms with Crippen molar-refractivity contribution in [3.8, 4) is 0 Å². The molecule has 3 nitrogen and oxygen atoms in total. The minimum atomic E-state index is -0.838. The van der Waals surface area contributed by atoms with E-state index in [9.17, 15) is 4.21 Å². The molecule has 1 heterocycles. The number of rotatable bonds is 1. The van der Waals surface area contributed by atoms with E-state index in [1.165, 1.54) is 25.7 Å². The van der Waals surface area contributed by atoms with Crippen LogP contribution in [0.5, 0.6) is 0 Å². The van der Waals surface area contributed by atoms with E-state index in [1.807, 2.05) is 4.41 Å². The highest BCUT2D eigenvalue weighted by atomic mass is 32.2. The van der Waals surface area contributed by atoms with E-state index in [4.69, 9.17) is 0 Å². The van der Waals surface area contributed by atoms with Crippen LogP contribution < -0.4 is 0 Å². The summed E-state index contributed by atoms with van der Waals surface area (Å²) in [4.78, 5) is 0. The highest BCUT2D eigenvalue weighted by Gasteiger charge is 2.35. The molecule has 3 atom stereocenters. The van der Waals surface area contributed by atoms with Crippen molar-refractivity contribution in [1.82, 2.24) is 9.42 Å². The van der Waals surface area contributed by atoms with Crippen LogP contribution in [0.2, 0.25) is 0 Å². The van der Waals surface area contributed by atoms with Gasteiger partial charge in [-0.3, -0.25) is 0 Å². The van der Waals surface area contributed by atoms with E-state index < -0.39 is 11.0 Å². The Morgan fingerprint density at radius 3 is 2.29 bits per heavy atom. The first-order valence-electron chi connectivity index (χ1n) is 5.50. The first-order chi connectivity index (χ1) is 6.68. The Morgan fingerprint density at radius 1 is 1.14 bits per heavy atom. The lowest BCUT2D eigenvalue weighted by Crippen LogP contribution is -2.53. The van der Waals surface area contributed by atoms with Gasteiger partial charge in [0.25, 0.3) is 0 Å². The van der Waals surface area contributed by atoms with Crippen LogP contribution in [-0.4, -0.2) is 40.0 Å². The van der Waals surface area contributed by atoms with E-state index >= 15 is 0 Å². The van der Waals surface area contributed by atoms with Crippen molar-refractivity contribution >= 4 is 11.0 Å². The number of hydrogen-bond donors (Lipinski definition) is 0. The molecule has 3 unspecified atom stereocenters. The molecule has 0 amide bonds. The van der Waals surface area contributed by atoms with Gasteiger partial charge in [0.1, 0.15) is 11.0 Å². The number of hydrazine groups is 1.